The molecular weight excluding hydrogens is 356 g/mol. The molecule has 2 rings (SSSR count). The molecule has 0 heterocycles. The largest absolute Gasteiger partial charge is 0.289 e. The van der Waals surface area contributed by atoms with E-state index < -0.39 is 9.84 Å². The van der Waals surface area contributed by atoms with Crippen molar-refractivity contribution in [2.75, 3.05) is 5.75 Å². The Morgan fingerprint density at radius 1 is 0.778 bits per heavy atom. The van der Waals surface area contributed by atoms with Gasteiger partial charge >= 0.3 is 0 Å². The summed E-state index contributed by atoms with van der Waals surface area (Å²) in [5.41, 5.74) is 2.67. The Kier molecular flexibility index (Phi) is 8.23. The average Bonchev–Trinajstić information content (AvgIpc) is 2.67. The Labute approximate surface area is 163 Å². The second kappa shape index (κ2) is 10.4. The maximum Gasteiger partial charge on any atom is 0.193 e. The quantitative estimate of drug-likeness (QED) is 0.392. The fourth-order valence-electron chi connectivity index (χ4n) is 2.98. The van der Waals surface area contributed by atoms with E-state index in [9.17, 15) is 13.2 Å². The molecule has 0 aliphatic heterocycles. The van der Waals surface area contributed by atoms with E-state index in [-0.39, 0.29) is 11.0 Å². The number of unbranched alkanes of at least 4 members (excludes halogenated alkanes) is 4. The van der Waals surface area contributed by atoms with Crippen LogP contribution in [0, 0.1) is 0 Å². The highest BCUT2D eigenvalue weighted by molar-refractivity contribution is 7.91. The summed E-state index contributed by atoms with van der Waals surface area (Å²) in [5, 5.41) is -0.269. The zero-order chi connectivity index (χ0) is 19.7. The molecule has 0 aliphatic carbocycles. The van der Waals surface area contributed by atoms with E-state index in [1.165, 1.54) is 5.56 Å². The van der Waals surface area contributed by atoms with Crippen molar-refractivity contribution in [3.63, 3.8) is 0 Å². The van der Waals surface area contributed by atoms with Gasteiger partial charge in [-0.15, -0.1) is 0 Å². The minimum Gasteiger partial charge on any atom is -0.289 e. The van der Waals surface area contributed by atoms with Gasteiger partial charge in [-0.3, -0.25) is 4.79 Å². The highest BCUT2D eigenvalue weighted by atomic mass is 32.2. The third-order valence-corrected chi connectivity index (χ3v) is 7.16. The van der Waals surface area contributed by atoms with E-state index in [2.05, 4.69) is 0 Å². The van der Waals surface area contributed by atoms with Crippen LogP contribution in [0.25, 0.3) is 0 Å². The van der Waals surface area contributed by atoms with E-state index in [4.69, 9.17) is 0 Å². The molecule has 0 amide bonds. The standard InChI is InChI=1S/C23H30O3S/c1-19(2)27(25,26)18-10-5-3-4-7-11-20-14-16-22(17-15-20)23(24)21-12-8-6-9-13-21/h6,8-9,12-17,19H,3-5,7,10-11,18H2,1-2H3. The summed E-state index contributed by atoms with van der Waals surface area (Å²) in [5.74, 6) is 0.361. The van der Waals surface area contributed by atoms with E-state index in [1.807, 2.05) is 54.6 Å². The Balaban J connectivity index is 1.68. The predicted molar refractivity (Wildman–Crippen MR) is 112 cm³/mol. The molecule has 0 N–H and O–H groups in total. The summed E-state index contributed by atoms with van der Waals surface area (Å²) >= 11 is 0. The summed E-state index contributed by atoms with van der Waals surface area (Å²) in [6.45, 7) is 3.49. The number of carbonyl (C=O) groups excluding carboxylic acids is 1. The van der Waals surface area contributed by atoms with Crippen molar-refractivity contribution in [1.29, 1.82) is 0 Å². The van der Waals surface area contributed by atoms with Gasteiger partial charge in [0.1, 0.15) is 0 Å². The van der Waals surface area contributed by atoms with Crippen LogP contribution in [0.4, 0.5) is 0 Å². The van der Waals surface area contributed by atoms with Gasteiger partial charge in [-0.05, 0) is 38.7 Å². The number of ketones is 1. The first-order valence-corrected chi connectivity index (χ1v) is 11.5. The fourth-order valence-corrected chi connectivity index (χ4v) is 4.06. The van der Waals surface area contributed by atoms with E-state index in [1.54, 1.807) is 13.8 Å². The minimum absolute atomic E-state index is 0.0542. The SMILES string of the molecule is CC(C)S(=O)(=O)CCCCCCCc1ccc(C(=O)c2ccccc2)cc1. The first-order chi connectivity index (χ1) is 12.9. The van der Waals surface area contributed by atoms with Gasteiger partial charge in [0.25, 0.3) is 0 Å². The number of benzene rings is 2. The second-order valence-electron chi connectivity index (χ2n) is 7.33. The second-order valence-corrected chi connectivity index (χ2v) is 10.0. The van der Waals surface area contributed by atoms with Gasteiger partial charge in [0.15, 0.2) is 15.6 Å². The van der Waals surface area contributed by atoms with Gasteiger partial charge in [-0.25, -0.2) is 8.42 Å². The lowest BCUT2D eigenvalue weighted by atomic mass is 10.00. The van der Waals surface area contributed by atoms with Crippen LogP contribution in [0.15, 0.2) is 54.6 Å². The minimum atomic E-state index is -2.89. The predicted octanol–water partition coefficient (Wildman–Crippen LogP) is 5.23. The van der Waals surface area contributed by atoms with Crippen molar-refractivity contribution in [3.05, 3.63) is 71.3 Å². The molecule has 0 saturated heterocycles. The molecule has 2 aromatic rings. The van der Waals surface area contributed by atoms with Gasteiger partial charge in [0.2, 0.25) is 0 Å². The first kappa shape index (κ1) is 21.4. The van der Waals surface area contributed by atoms with Gasteiger partial charge in [0, 0.05) is 11.1 Å². The zero-order valence-corrected chi connectivity index (χ0v) is 17.2. The molecular formula is C23H30O3S. The first-order valence-electron chi connectivity index (χ1n) is 9.80. The Morgan fingerprint density at radius 3 is 1.96 bits per heavy atom. The number of hydrogen-bond acceptors (Lipinski definition) is 3. The maximum atomic E-state index is 12.4. The highest BCUT2D eigenvalue weighted by Gasteiger charge is 2.14. The lowest BCUT2D eigenvalue weighted by molar-refractivity contribution is 0.103. The van der Waals surface area contributed by atoms with Crippen molar-refractivity contribution in [2.45, 2.75) is 57.6 Å². The molecule has 0 spiro atoms. The van der Waals surface area contributed by atoms with Crippen LogP contribution in [-0.2, 0) is 16.3 Å². The lowest BCUT2D eigenvalue weighted by Crippen LogP contribution is -2.17. The van der Waals surface area contributed by atoms with Crippen molar-refractivity contribution in [2.24, 2.45) is 0 Å². The summed E-state index contributed by atoms with van der Waals surface area (Å²) < 4.78 is 23.5. The van der Waals surface area contributed by atoms with Gasteiger partial charge in [-0.1, -0.05) is 73.9 Å². The average molecular weight is 387 g/mol. The molecule has 2 aromatic carbocycles. The summed E-state index contributed by atoms with van der Waals surface area (Å²) in [6, 6.07) is 17.2. The third-order valence-electron chi connectivity index (χ3n) is 4.86. The molecule has 0 saturated carbocycles. The normalized spacial score (nSPS) is 11.7. The van der Waals surface area contributed by atoms with Gasteiger partial charge in [-0.2, -0.15) is 0 Å². The summed E-state index contributed by atoms with van der Waals surface area (Å²) in [6.07, 6.45) is 5.98. The van der Waals surface area contributed by atoms with Crippen LogP contribution >= 0.6 is 0 Å². The van der Waals surface area contributed by atoms with E-state index in [0.717, 1.165) is 44.1 Å². The molecule has 0 aromatic heterocycles. The molecule has 0 atom stereocenters. The topological polar surface area (TPSA) is 51.2 Å². The van der Waals surface area contributed by atoms with Crippen molar-refractivity contribution in [1.82, 2.24) is 0 Å². The summed E-state index contributed by atoms with van der Waals surface area (Å²) in [7, 11) is -2.89. The Bertz CT molecular complexity index is 806. The lowest BCUT2D eigenvalue weighted by Gasteiger charge is -2.07. The number of aryl methyl sites for hydroxylation is 1. The van der Waals surface area contributed by atoms with Crippen LogP contribution in [-0.4, -0.2) is 25.2 Å². The number of hydrogen-bond donors (Lipinski definition) is 0. The number of sulfone groups is 1. The van der Waals surface area contributed by atoms with Crippen molar-refractivity contribution >= 4 is 15.6 Å². The molecule has 0 radical (unpaired) electrons. The van der Waals surface area contributed by atoms with E-state index >= 15 is 0 Å². The monoisotopic (exact) mass is 386 g/mol. The molecule has 3 nitrogen and oxygen atoms in total. The van der Waals surface area contributed by atoms with Crippen LogP contribution in [0.2, 0.25) is 0 Å². The molecule has 4 heteroatoms. The Hall–Kier alpha value is -1.94. The molecule has 0 unspecified atom stereocenters. The maximum absolute atomic E-state index is 12.4. The molecule has 0 fully saturated rings. The smallest absolute Gasteiger partial charge is 0.193 e. The van der Waals surface area contributed by atoms with Crippen LogP contribution < -0.4 is 0 Å². The number of rotatable bonds is 11. The van der Waals surface area contributed by atoms with Crippen LogP contribution in [0.3, 0.4) is 0 Å². The van der Waals surface area contributed by atoms with Gasteiger partial charge < -0.3 is 0 Å². The molecule has 146 valence electrons. The highest BCUT2D eigenvalue weighted by Crippen LogP contribution is 2.14. The van der Waals surface area contributed by atoms with Crippen molar-refractivity contribution < 1.29 is 13.2 Å². The fraction of sp³-hybridized carbons (Fsp3) is 0.435. The third kappa shape index (κ3) is 6.94. The van der Waals surface area contributed by atoms with E-state index in [0.29, 0.717) is 11.3 Å². The van der Waals surface area contributed by atoms with Crippen LogP contribution in [0.5, 0.6) is 0 Å². The van der Waals surface area contributed by atoms with Crippen LogP contribution in [0.1, 0.15) is 67.4 Å². The Morgan fingerprint density at radius 2 is 1.33 bits per heavy atom. The zero-order valence-electron chi connectivity index (χ0n) is 16.4. The molecule has 0 bridgehead atoms. The summed E-state index contributed by atoms with van der Waals surface area (Å²) in [4.78, 5) is 12.4. The molecule has 0 aliphatic rings. The number of carbonyl (C=O) groups is 1. The molecule has 27 heavy (non-hydrogen) atoms. The van der Waals surface area contributed by atoms with Crippen molar-refractivity contribution in [3.8, 4) is 0 Å². The van der Waals surface area contributed by atoms with Gasteiger partial charge in [0.05, 0.1) is 11.0 Å².